The van der Waals surface area contributed by atoms with Crippen molar-refractivity contribution in [2.24, 2.45) is 0 Å². The summed E-state index contributed by atoms with van der Waals surface area (Å²) in [6.07, 6.45) is 17.9. The zero-order valence-electron chi connectivity index (χ0n) is 16.1. The van der Waals surface area contributed by atoms with Gasteiger partial charge in [-0.3, -0.25) is 0 Å². The number of carbonyl (C=O) groups is 1. The predicted molar refractivity (Wildman–Crippen MR) is 100 cm³/mol. The number of hydrogen-bond acceptors (Lipinski definition) is 3. The summed E-state index contributed by atoms with van der Waals surface area (Å²) in [5.74, 6) is 0.320. The second-order valence-corrected chi connectivity index (χ2v) is 7.67. The molecule has 0 aliphatic carbocycles. The van der Waals surface area contributed by atoms with E-state index in [0.29, 0.717) is 18.0 Å². The van der Waals surface area contributed by atoms with Crippen LogP contribution in [0.1, 0.15) is 110 Å². The number of rotatable bonds is 17. The lowest BCUT2D eigenvalue weighted by molar-refractivity contribution is -0.117. The second-order valence-electron chi connectivity index (χ2n) is 7.67. The number of unbranched alkanes of at least 4 members (excludes halogenated alkanes) is 9. The molecule has 3 atom stereocenters. The molecule has 3 heteroatoms. The lowest BCUT2D eigenvalue weighted by atomic mass is 10.0. The highest BCUT2D eigenvalue weighted by molar-refractivity contribution is 5.75. The van der Waals surface area contributed by atoms with E-state index in [2.05, 4.69) is 6.92 Å². The monoisotopic (exact) mass is 340 g/mol. The van der Waals surface area contributed by atoms with E-state index < -0.39 is 0 Å². The van der Waals surface area contributed by atoms with E-state index in [-0.39, 0.29) is 6.10 Å². The lowest BCUT2D eigenvalue weighted by Crippen LogP contribution is -2.11. The van der Waals surface area contributed by atoms with Gasteiger partial charge < -0.3 is 14.6 Å². The number of ether oxygens (including phenoxy) is 1. The van der Waals surface area contributed by atoms with Gasteiger partial charge in [-0.2, -0.15) is 0 Å². The van der Waals surface area contributed by atoms with Crippen molar-refractivity contribution in [1.29, 1.82) is 0 Å². The molecule has 0 bridgehead atoms. The Labute approximate surface area is 149 Å². The van der Waals surface area contributed by atoms with Crippen molar-refractivity contribution in [1.82, 2.24) is 0 Å². The molecule has 1 saturated heterocycles. The minimum atomic E-state index is -0.160. The van der Waals surface area contributed by atoms with Crippen LogP contribution in [0.5, 0.6) is 0 Å². The van der Waals surface area contributed by atoms with Crippen LogP contribution >= 0.6 is 0 Å². The molecule has 24 heavy (non-hydrogen) atoms. The zero-order chi connectivity index (χ0) is 17.6. The van der Waals surface area contributed by atoms with E-state index in [0.717, 1.165) is 38.5 Å². The number of aliphatic hydroxyl groups excluding tert-OH is 1. The first-order valence-electron chi connectivity index (χ1n) is 10.5. The Balaban J connectivity index is 1.82. The van der Waals surface area contributed by atoms with Gasteiger partial charge in [0.15, 0.2) is 0 Å². The molecule has 3 unspecified atom stereocenters. The van der Waals surface area contributed by atoms with Crippen molar-refractivity contribution in [2.75, 3.05) is 0 Å². The molecule has 0 amide bonds. The first-order valence-corrected chi connectivity index (χ1v) is 10.5. The average molecular weight is 341 g/mol. The van der Waals surface area contributed by atoms with Gasteiger partial charge in [-0.25, -0.2) is 0 Å². The molecule has 0 saturated carbocycles. The van der Waals surface area contributed by atoms with Gasteiger partial charge in [0.05, 0.1) is 18.3 Å². The maximum Gasteiger partial charge on any atom is 0.129 e. The summed E-state index contributed by atoms with van der Waals surface area (Å²) in [5, 5.41) is 10.0. The molecule has 0 aromatic heterocycles. The molecule has 3 nitrogen and oxygen atoms in total. The number of carbonyl (C=O) groups excluding carboxylic acids is 1. The van der Waals surface area contributed by atoms with Crippen LogP contribution in [-0.4, -0.2) is 29.2 Å². The zero-order valence-corrected chi connectivity index (χ0v) is 16.1. The SMILES string of the molecule is CCCCCCC(O)CC1OC1CCCCCCCCCC(C)=O. The van der Waals surface area contributed by atoms with Gasteiger partial charge in [0.25, 0.3) is 0 Å². The fraction of sp³-hybridized carbons (Fsp3) is 0.952. The average Bonchev–Trinajstić information content (AvgIpc) is 3.27. The molecule has 1 aliphatic heterocycles. The van der Waals surface area contributed by atoms with Crippen molar-refractivity contribution in [2.45, 2.75) is 128 Å². The maximum absolute atomic E-state index is 10.8. The lowest BCUT2D eigenvalue weighted by Gasteiger charge is -2.08. The van der Waals surface area contributed by atoms with Crippen LogP contribution in [0.4, 0.5) is 0 Å². The summed E-state index contributed by atoms with van der Waals surface area (Å²) in [6.45, 7) is 3.90. The van der Waals surface area contributed by atoms with Gasteiger partial charge in [0.1, 0.15) is 5.78 Å². The normalized spacial score (nSPS) is 21.0. The highest BCUT2D eigenvalue weighted by atomic mass is 16.6. The quantitative estimate of drug-likeness (QED) is 0.278. The molecule has 1 rings (SSSR count). The highest BCUT2D eigenvalue weighted by Crippen LogP contribution is 2.32. The van der Waals surface area contributed by atoms with Gasteiger partial charge in [0.2, 0.25) is 0 Å². The van der Waals surface area contributed by atoms with Crippen LogP contribution in [0.25, 0.3) is 0 Å². The fourth-order valence-corrected chi connectivity index (χ4v) is 3.44. The Kier molecular flexibility index (Phi) is 12.5. The van der Waals surface area contributed by atoms with Crippen LogP contribution in [0.3, 0.4) is 0 Å². The summed E-state index contributed by atoms with van der Waals surface area (Å²) >= 11 is 0. The van der Waals surface area contributed by atoms with E-state index in [1.807, 2.05) is 0 Å². The van der Waals surface area contributed by atoms with E-state index >= 15 is 0 Å². The van der Waals surface area contributed by atoms with Gasteiger partial charge >= 0.3 is 0 Å². The molecule has 0 spiro atoms. The van der Waals surface area contributed by atoms with Crippen LogP contribution in [-0.2, 0) is 9.53 Å². The van der Waals surface area contributed by atoms with Crippen LogP contribution < -0.4 is 0 Å². The third kappa shape index (κ3) is 12.0. The summed E-state index contributed by atoms with van der Waals surface area (Å²) < 4.78 is 5.71. The van der Waals surface area contributed by atoms with E-state index in [1.165, 1.54) is 57.8 Å². The fourth-order valence-electron chi connectivity index (χ4n) is 3.44. The number of hydrogen-bond donors (Lipinski definition) is 1. The topological polar surface area (TPSA) is 49.8 Å². The van der Waals surface area contributed by atoms with Gasteiger partial charge in [0, 0.05) is 12.8 Å². The minimum Gasteiger partial charge on any atom is -0.393 e. The van der Waals surface area contributed by atoms with Crippen molar-refractivity contribution >= 4 is 5.78 Å². The molecular formula is C21H40O3. The van der Waals surface area contributed by atoms with Crippen LogP contribution in [0, 0.1) is 0 Å². The smallest absolute Gasteiger partial charge is 0.129 e. The Morgan fingerprint density at radius 1 is 0.917 bits per heavy atom. The Morgan fingerprint density at radius 2 is 1.54 bits per heavy atom. The molecule has 1 heterocycles. The molecule has 1 N–H and O–H groups in total. The molecule has 0 aromatic carbocycles. The highest BCUT2D eigenvalue weighted by Gasteiger charge is 2.38. The first kappa shape index (κ1) is 21.6. The standard InChI is InChI=1S/C21H40O3/c1-3-4-5-12-15-19(23)17-21-20(24-21)16-13-10-8-6-7-9-11-14-18(2)22/h19-21,23H,3-17H2,1-2H3. The van der Waals surface area contributed by atoms with E-state index in [9.17, 15) is 9.90 Å². The Bertz CT molecular complexity index is 316. The number of aliphatic hydroxyl groups is 1. The first-order chi connectivity index (χ1) is 11.6. The number of epoxide rings is 1. The molecule has 142 valence electrons. The van der Waals surface area contributed by atoms with Gasteiger partial charge in [-0.15, -0.1) is 0 Å². The molecular weight excluding hydrogens is 300 g/mol. The number of Topliss-reactive ketones (excluding diaryl/α,β-unsaturated/α-hetero) is 1. The third-order valence-corrected chi connectivity index (χ3v) is 5.10. The van der Waals surface area contributed by atoms with Gasteiger partial charge in [-0.1, -0.05) is 71.1 Å². The maximum atomic E-state index is 10.8. The summed E-state index contributed by atoms with van der Waals surface area (Å²) in [4.78, 5) is 10.8. The summed E-state index contributed by atoms with van der Waals surface area (Å²) in [5.41, 5.74) is 0. The van der Waals surface area contributed by atoms with E-state index in [1.54, 1.807) is 6.92 Å². The van der Waals surface area contributed by atoms with Crippen molar-refractivity contribution in [3.05, 3.63) is 0 Å². The number of ketones is 1. The largest absolute Gasteiger partial charge is 0.393 e. The van der Waals surface area contributed by atoms with Gasteiger partial charge in [-0.05, 0) is 26.2 Å². The predicted octanol–water partition coefficient (Wildman–Crippen LogP) is 5.58. The summed E-state index contributed by atoms with van der Waals surface area (Å²) in [6, 6.07) is 0. The van der Waals surface area contributed by atoms with Crippen molar-refractivity contribution in [3.8, 4) is 0 Å². The summed E-state index contributed by atoms with van der Waals surface area (Å²) in [7, 11) is 0. The van der Waals surface area contributed by atoms with Crippen molar-refractivity contribution in [3.63, 3.8) is 0 Å². The molecule has 1 fully saturated rings. The Morgan fingerprint density at radius 3 is 2.21 bits per heavy atom. The van der Waals surface area contributed by atoms with Crippen LogP contribution in [0.15, 0.2) is 0 Å². The molecule has 0 aromatic rings. The molecule has 0 radical (unpaired) electrons. The Hall–Kier alpha value is -0.410. The third-order valence-electron chi connectivity index (χ3n) is 5.10. The van der Waals surface area contributed by atoms with Crippen LogP contribution in [0.2, 0.25) is 0 Å². The minimum absolute atomic E-state index is 0.160. The van der Waals surface area contributed by atoms with Crippen molar-refractivity contribution < 1.29 is 14.6 Å². The second kappa shape index (κ2) is 13.8. The van der Waals surface area contributed by atoms with E-state index in [4.69, 9.17) is 4.74 Å². The molecule has 1 aliphatic rings.